The van der Waals surface area contributed by atoms with Gasteiger partial charge >= 0.3 is 6.03 Å². The van der Waals surface area contributed by atoms with Gasteiger partial charge in [-0.05, 0) is 26.2 Å². The van der Waals surface area contributed by atoms with Crippen molar-refractivity contribution in [2.75, 3.05) is 13.2 Å². The Morgan fingerprint density at radius 3 is 2.72 bits per heavy atom. The fraction of sp³-hybridized carbons (Fsp3) is 0.667. The molecule has 6 heteroatoms. The Bertz CT molecular complexity index is 393. The van der Waals surface area contributed by atoms with Crippen LogP contribution in [0, 0.1) is 19.8 Å². The van der Waals surface area contributed by atoms with Crippen molar-refractivity contribution in [2.45, 2.75) is 33.7 Å². The Labute approximate surface area is 112 Å². The molecule has 3 N–H and O–H groups in total. The number of aromatic nitrogens is 1. The first-order valence-electron chi connectivity index (χ1n) is 6.08. The molecule has 1 aromatic rings. The lowest BCUT2D eigenvalue weighted by Gasteiger charge is -2.11. The van der Waals surface area contributed by atoms with E-state index in [0.29, 0.717) is 19.5 Å². The van der Waals surface area contributed by atoms with Crippen LogP contribution >= 0.6 is 11.3 Å². The first-order valence-corrected chi connectivity index (χ1v) is 6.90. The zero-order chi connectivity index (χ0) is 13.5. The second-order valence-electron chi connectivity index (χ2n) is 4.42. The molecule has 1 unspecified atom stereocenters. The molecule has 1 rings (SSSR count). The number of thiazole rings is 1. The highest BCUT2D eigenvalue weighted by molar-refractivity contribution is 7.11. The standard InChI is InChI=1S/C12H21N3O2S/c1-8(4-5-16)6-13-12(17)14-7-11-9(2)18-10(3)15-11/h8,16H,4-7H2,1-3H3,(H2,13,14,17). The summed E-state index contributed by atoms with van der Waals surface area (Å²) in [5.41, 5.74) is 0.927. The summed E-state index contributed by atoms with van der Waals surface area (Å²) >= 11 is 1.64. The third-order valence-electron chi connectivity index (χ3n) is 2.65. The Kier molecular flexibility index (Phi) is 6.07. The molecule has 0 aliphatic heterocycles. The van der Waals surface area contributed by atoms with E-state index in [1.54, 1.807) is 11.3 Å². The van der Waals surface area contributed by atoms with Crippen LogP contribution in [-0.2, 0) is 6.54 Å². The molecule has 2 amide bonds. The topological polar surface area (TPSA) is 74.2 Å². The molecular formula is C12H21N3O2S. The number of nitrogens with zero attached hydrogens (tertiary/aromatic N) is 1. The quantitative estimate of drug-likeness (QED) is 0.735. The van der Waals surface area contributed by atoms with Gasteiger partial charge in [0, 0.05) is 18.0 Å². The van der Waals surface area contributed by atoms with Crippen LogP contribution in [0.4, 0.5) is 4.79 Å². The molecule has 5 nitrogen and oxygen atoms in total. The molecule has 0 aromatic carbocycles. The largest absolute Gasteiger partial charge is 0.396 e. The van der Waals surface area contributed by atoms with E-state index in [4.69, 9.17) is 5.11 Å². The van der Waals surface area contributed by atoms with Crippen molar-refractivity contribution in [1.29, 1.82) is 0 Å². The SMILES string of the molecule is Cc1nc(CNC(=O)NCC(C)CCO)c(C)s1. The predicted molar refractivity (Wildman–Crippen MR) is 72.7 cm³/mol. The summed E-state index contributed by atoms with van der Waals surface area (Å²) in [5.74, 6) is 0.281. The van der Waals surface area contributed by atoms with Crippen molar-refractivity contribution < 1.29 is 9.90 Å². The first kappa shape index (κ1) is 14.9. The number of aliphatic hydroxyl groups is 1. The minimum atomic E-state index is -0.190. The van der Waals surface area contributed by atoms with E-state index in [1.165, 1.54) is 0 Å². The van der Waals surface area contributed by atoms with Gasteiger partial charge in [-0.1, -0.05) is 6.92 Å². The number of carbonyl (C=O) groups is 1. The minimum Gasteiger partial charge on any atom is -0.396 e. The lowest BCUT2D eigenvalue weighted by Crippen LogP contribution is -2.37. The molecule has 0 saturated carbocycles. The van der Waals surface area contributed by atoms with Crippen LogP contribution < -0.4 is 10.6 Å². The van der Waals surface area contributed by atoms with Gasteiger partial charge in [0.1, 0.15) is 0 Å². The number of urea groups is 1. The number of carbonyl (C=O) groups excluding carboxylic acids is 1. The summed E-state index contributed by atoms with van der Waals surface area (Å²) in [4.78, 5) is 17.0. The Morgan fingerprint density at radius 1 is 1.44 bits per heavy atom. The number of nitrogens with one attached hydrogen (secondary N) is 2. The average molecular weight is 271 g/mol. The Hall–Kier alpha value is -1.14. The molecule has 0 saturated heterocycles. The highest BCUT2D eigenvalue weighted by Crippen LogP contribution is 2.15. The zero-order valence-corrected chi connectivity index (χ0v) is 11.9. The maximum absolute atomic E-state index is 11.5. The van der Waals surface area contributed by atoms with E-state index in [9.17, 15) is 4.79 Å². The molecular weight excluding hydrogens is 250 g/mol. The van der Waals surface area contributed by atoms with Crippen LogP contribution in [0.5, 0.6) is 0 Å². The molecule has 0 fully saturated rings. The van der Waals surface area contributed by atoms with Gasteiger partial charge < -0.3 is 15.7 Å². The molecule has 1 atom stereocenters. The molecule has 0 radical (unpaired) electrons. The average Bonchev–Trinajstić information content (AvgIpc) is 2.63. The van der Waals surface area contributed by atoms with E-state index in [2.05, 4.69) is 15.6 Å². The molecule has 0 spiro atoms. The first-order chi connectivity index (χ1) is 8.52. The van der Waals surface area contributed by atoms with Crippen molar-refractivity contribution in [3.8, 4) is 0 Å². The van der Waals surface area contributed by atoms with Crippen molar-refractivity contribution in [3.05, 3.63) is 15.6 Å². The summed E-state index contributed by atoms with van der Waals surface area (Å²) in [6.45, 7) is 7.13. The van der Waals surface area contributed by atoms with Gasteiger partial charge in [-0.15, -0.1) is 11.3 Å². The number of aryl methyl sites for hydroxylation is 2. The second-order valence-corrected chi connectivity index (χ2v) is 5.82. The van der Waals surface area contributed by atoms with Gasteiger partial charge in [-0.3, -0.25) is 0 Å². The lowest BCUT2D eigenvalue weighted by molar-refractivity contribution is 0.233. The van der Waals surface area contributed by atoms with Gasteiger partial charge in [-0.2, -0.15) is 0 Å². The van der Waals surface area contributed by atoms with Crippen LogP contribution in [-0.4, -0.2) is 29.3 Å². The molecule has 0 aliphatic carbocycles. The van der Waals surface area contributed by atoms with Crippen LogP contribution in [0.25, 0.3) is 0 Å². The van der Waals surface area contributed by atoms with Gasteiger partial charge in [0.05, 0.1) is 17.2 Å². The third-order valence-corrected chi connectivity index (χ3v) is 3.58. The van der Waals surface area contributed by atoms with E-state index < -0.39 is 0 Å². The summed E-state index contributed by atoms with van der Waals surface area (Å²) in [6.07, 6.45) is 0.699. The maximum atomic E-state index is 11.5. The van der Waals surface area contributed by atoms with E-state index in [0.717, 1.165) is 15.6 Å². The fourth-order valence-corrected chi connectivity index (χ4v) is 2.39. The Morgan fingerprint density at radius 2 is 2.17 bits per heavy atom. The zero-order valence-electron chi connectivity index (χ0n) is 11.1. The van der Waals surface area contributed by atoms with E-state index >= 15 is 0 Å². The number of amides is 2. The summed E-state index contributed by atoms with van der Waals surface area (Å²) in [6, 6.07) is -0.190. The summed E-state index contributed by atoms with van der Waals surface area (Å²) < 4.78 is 0. The predicted octanol–water partition coefficient (Wildman–Crippen LogP) is 1.58. The number of aliphatic hydroxyl groups excluding tert-OH is 1. The lowest BCUT2D eigenvalue weighted by atomic mass is 10.1. The van der Waals surface area contributed by atoms with Gasteiger partial charge in [0.15, 0.2) is 0 Å². The highest BCUT2D eigenvalue weighted by Gasteiger charge is 2.08. The van der Waals surface area contributed by atoms with Gasteiger partial charge in [-0.25, -0.2) is 9.78 Å². The molecule has 0 bridgehead atoms. The van der Waals surface area contributed by atoms with Crippen LogP contribution in [0.15, 0.2) is 0 Å². The smallest absolute Gasteiger partial charge is 0.315 e. The minimum absolute atomic E-state index is 0.155. The summed E-state index contributed by atoms with van der Waals surface area (Å²) in [5, 5.41) is 15.3. The molecule has 0 aliphatic rings. The van der Waals surface area contributed by atoms with Crippen LogP contribution in [0.2, 0.25) is 0 Å². The van der Waals surface area contributed by atoms with Crippen molar-refractivity contribution in [2.24, 2.45) is 5.92 Å². The van der Waals surface area contributed by atoms with Crippen molar-refractivity contribution in [3.63, 3.8) is 0 Å². The second kappa shape index (κ2) is 7.33. The number of hydrogen-bond donors (Lipinski definition) is 3. The third kappa shape index (κ3) is 5.01. The van der Waals surface area contributed by atoms with Crippen molar-refractivity contribution >= 4 is 17.4 Å². The van der Waals surface area contributed by atoms with Crippen LogP contribution in [0.1, 0.15) is 28.9 Å². The van der Waals surface area contributed by atoms with Crippen LogP contribution in [0.3, 0.4) is 0 Å². The van der Waals surface area contributed by atoms with E-state index in [-0.39, 0.29) is 18.6 Å². The van der Waals surface area contributed by atoms with Gasteiger partial charge in [0.25, 0.3) is 0 Å². The maximum Gasteiger partial charge on any atom is 0.315 e. The molecule has 1 aromatic heterocycles. The van der Waals surface area contributed by atoms with E-state index in [1.807, 2.05) is 20.8 Å². The summed E-state index contributed by atoms with van der Waals surface area (Å²) in [7, 11) is 0. The fourth-order valence-electron chi connectivity index (χ4n) is 1.55. The normalized spacial score (nSPS) is 12.2. The monoisotopic (exact) mass is 271 g/mol. The van der Waals surface area contributed by atoms with Gasteiger partial charge in [0.2, 0.25) is 0 Å². The van der Waals surface area contributed by atoms with Crippen molar-refractivity contribution in [1.82, 2.24) is 15.6 Å². The molecule has 1 heterocycles. The molecule has 18 heavy (non-hydrogen) atoms. The molecule has 102 valence electrons. The Balaban J connectivity index is 2.27. The number of rotatable bonds is 6. The number of hydrogen-bond acceptors (Lipinski definition) is 4. The highest BCUT2D eigenvalue weighted by atomic mass is 32.1.